The molecule has 2 N–H and O–H groups in total. The topological polar surface area (TPSA) is 40.5 Å². The van der Waals surface area contributed by atoms with E-state index in [1.165, 1.54) is 120 Å². The van der Waals surface area contributed by atoms with Crippen molar-refractivity contribution < 1.29 is 10.2 Å². The largest absolute Gasteiger partial charge is 0.504 e. The number of hydrogen-bond donors (Lipinski definition) is 2. The summed E-state index contributed by atoms with van der Waals surface area (Å²) in [7, 11) is 0. The molecule has 0 fully saturated rings. The minimum atomic E-state index is 0.0960. The molecule has 1 rings (SSSR count). The van der Waals surface area contributed by atoms with Crippen molar-refractivity contribution in [2.75, 3.05) is 0 Å². The van der Waals surface area contributed by atoms with Gasteiger partial charge < -0.3 is 10.2 Å². The third kappa shape index (κ3) is 12.2. The van der Waals surface area contributed by atoms with Gasteiger partial charge in [0.15, 0.2) is 11.5 Å². The van der Waals surface area contributed by atoms with E-state index in [-0.39, 0.29) is 11.5 Å². The Kier molecular flexibility index (Phi) is 17.4. The molecule has 0 radical (unpaired) electrons. The maximum atomic E-state index is 10.7. The number of aromatic hydroxyl groups is 2. The molecule has 2 nitrogen and oxygen atoms in total. The fourth-order valence-electron chi connectivity index (χ4n) is 4.88. The Bertz CT molecular complexity index is 579. The first-order chi connectivity index (χ1) is 15.7. The van der Waals surface area contributed by atoms with Crippen LogP contribution in [-0.4, -0.2) is 10.2 Å². The van der Waals surface area contributed by atoms with Crippen LogP contribution in [0.15, 0.2) is 6.07 Å². The van der Waals surface area contributed by atoms with Crippen molar-refractivity contribution in [3.63, 3.8) is 0 Å². The Hall–Kier alpha value is -1.18. The number of rotatable bonds is 21. The summed E-state index contributed by atoms with van der Waals surface area (Å²) in [6.07, 6.45) is 26.0. The van der Waals surface area contributed by atoms with Crippen LogP contribution in [0.3, 0.4) is 0 Å². The molecule has 2 heteroatoms. The predicted molar refractivity (Wildman–Crippen MR) is 141 cm³/mol. The van der Waals surface area contributed by atoms with Crippen LogP contribution in [0.4, 0.5) is 0 Å². The Labute approximate surface area is 200 Å². The maximum Gasteiger partial charge on any atom is 0.160 e. The minimum Gasteiger partial charge on any atom is -0.504 e. The monoisotopic (exact) mass is 446 g/mol. The van der Waals surface area contributed by atoms with Crippen LogP contribution in [0.5, 0.6) is 11.5 Å². The molecule has 0 saturated heterocycles. The molecule has 0 spiro atoms. The highest BCUT2D eigenvalue weighted by atomic mass is 16.3. The average molecular weight is 447 g/mol. The highest BCUT2D eigenvalue weighted by Gasteiger charge is 2.17. The van der Waals surface area contributed by atoms with Crippen molar-refractivity contribution in [3.8, 4) is 11.5 Å². The third-order valence-corrected chi connectivity index (χ3v) is 6.95. The normalized spacial score (nSPS) is 11.3. The van der Waals surface area contributed by atoms with Crippen LogP contribution in [0, 0.1) is 0 Å². The second-order valence-electron chi connectivity index (χ2n) is 9.91. The molecule has 0 aromatic heterocycles. The van der Waals surface area contributed by atoms with Crippen LogP contribution in [-0.2, 0) is 19.3 Å². The van der Waals surface area contributed by atoms with Crippen LogP contribution >= 0.6 is 0 Å². The van der Waals surface area contributed by atoms with Gasteiger partial charge in [-0.1, -0.05) is 117 Å². The SMILES string of the molecule is CCCCCCCCc1cc(O)c(O)c(CCCCCCCC)c1CCCCCCCC. The average Bonchev–Trinajstić information content (AvgIpc) is 2.79. The molecule has 0 aliphatic carbocycles. The van der Waals surface area contributed by atoms with E-state index in [1.807, 2.05) is 6.07 Å². The number of phenols is 2. The fourth-order valence-corrected chi connectivity index (χ4v) is 4.88. The first-order valence-corrected chi connectivity index (χ1v) is 14.2. The standard InChI is InChI=1S/C30H54O2/c1-4-7-10-13-16-19-22-26-25-29(31)30(32)28(24-21-18-15-12-9-6-3)27(26)23-20-17-14-11-8-5-2/h25,31-32H,4-24H2,1-3H3. The number of phenolic OH excluding ortho intramolecular Hbond substituents is 2. The van der Waals surface area contributed by atoms with Crippen LogP contribution in [0.1, 0.15) is 153 Å². The summed E-state index contributed by atoms with van der Waals surface area (Å²) in [6, 6.07) is 1.87. The summed E-state index contributed by atoms with van der Waals surface area (Å²) < 4.78 is 0. The highest BCUT2D eigenvalue weighted by molar-refractivity contribution is 5.53. The Balaban J connectivity index is 2.78. The van der Waals surface area contributed by atoms with Crippen LogP contribution in [0.25, 0.3) is 0 Å². The van der Waals surface area contributed by atoms with Crippen molar-refractivity contribution in [2.45, 2.75) is 156 Å². The summed E-state index contributed by atoms with van der Waals surface area (Å²) in [5, 5.41) is 21.2. The van der Waals surface area contributed by atoms with Gasteiger partial charge in [-0.15, -0.1) is 0 Å². The lowest BCUT2D eigenvalue weighted by Gasteiger charge is -2.18. The van der Waals surface area contributed by atoms with Gasteiger partial charge in [0.2, 0.25) is 0 Å². The highest BCUT2D eigenvalue weighted by Crippen LogP contribution is 2.37. The number of hydrogen-bond acceptors (Lipinski definition) is 2. The van der Waals surface area contributed by atoms with E-state index >= 15 is 0 Å². The molecule has 0 aliphatic rings. The van der Waals surface area contributed by atoms with Gasteiger partial charge in [-0.2, -0.15) is 0 Å². The Morgan fingerprint density at radius 3 is 1.31 bits per heavy atom. The molecule has 0 bridgehead atoms. The Morgan fingerprint density at radius 1 is 0.469 bits per heavy atom. The molecule has 0 heterocycles. The fraction of sp³-hybridized carbons (Fsp3) is 0.800. The summed E-state index contributed by atoms with van der Waals surface area (Å²) in [5.41, 5.74) is 3.71. The zero-order chi connectivity index (χ0) is 23.4. The van der Waals surface area contributed by atoms with Gasteiger partial charge in [0.25, 0.3) is 0 Å². The van der Waals surface area contributed by atoms with Gasteiger partial charge in [0.05, 0.1) is 0 Å². The molecule has 0 saturated carbocycles. The van der Waals surface area contributed by atoms with Crippen molar-refractivity contribution in [2.24, 2.45) is 0 Å². The van der Waals surface area contributed by atoms with E-state index in [0.717, 1.165) is 31.2 Å². The van der Waals surface area contributed by atoms with Crippen molar-refractivity contribution in [1.29, 1.82) is 0 Å². The molecule has 0 atom stereocenters. The summed E-state index contributed by atoms with van der Waals surface area (Å²) in [4.78, 5) is 0. The van der Waals surface area contributed by atoms with Crippen molar-refractivity contribution in [3.05, 3.63) is 22.8 Å². The van der Waals surface area contributed by atoms with E-state index in [4.69, 9.17) is 0 Å². The van der Waals surface area contributed by atoms with Gasteiger partial charge in [0.1, 0.15) is 0 Å². The molecule has 1 aromatic rings. The van der Waals surface area contributed by atoms with Gasteiger partial charge in [-0.3, -0.25) is 0 Å². The lowest BCUT2D eigenvalue weighted by Crippen LogP contribution is -2.03. The van der Waals surface area contributed by atoms with Gasteiger partial charge in [-0.25, -0.2) is 0 Å². The van der Waals surface area contributed by atoms with Gasteiger partial charge in [-0.05, 0) is 55.7 Å². The predicted octanol–water partition coefficient (Wildman–Crippen LogP) is 9.81. The van der Waals surface area contributed by atoms with Crippen molar-refractivity contribution in [1.82, 2.24) is 0 Å². The molecular formula is C30H54O2. The zero-order valence-corrected chi connectivity index (χ0v) is 21.8. The van der Waals surface area contributed by atoms with E-state index in [2.05, 4.69) is 20.8 Å². The molecule has 0 unspecified atom stereocenters. The lowest BCUT2D eigenvalue weighted by molar-refractivity contribution is 0.396. The summed E-state index contributed by atoms with van der Waals surface area (Å²) in [5.74, 6) is 0.255. The molecule has 32 heavy (non-hydrogen) atoms. The van der Waals surface area contributed by atoms with E-state index in [1.54, 1.807) is 0 Å². The molecule has 0 amide bonds. The van der Waals surface area contributed by atoms with E-state index in [9.17, 15) is 10.2 Å². The molecule has 186 valence electrons. The van der Waals surface area contributed by atoms with Gasteiger partial charge >= 0.3 is 0 Å². The number of benzene rings is 1. The zero-order valence-electron chi connectivity index (χ0n) is 21.8. The van der Waals surface area contributed by atoms with Crippen LogP contribution < -0.4 is 0 Å². The first-order valence-electron chi connectivity index (χ1n) is 14.2. The number of unbranched alkanes of at least 4 members (excludes halogenated alkanes) is 15. The molecular weight excluding hydrogens is 392 g/mol. The second kappa shape index (κ2) is 19.3. The van der Waals surface area contributed by atoms with Crippen LogP contribution in [0.2, 0.25) is 0 Å². The molecule has 0 aliphatic heterocycles. The van der Waals surface area contributed by atoms with E-state index in [0.29, 0.717) is 0 Å². The quantitative estimate of drug-likeness (QED) is 0.146. The molecule has 1 aromatic carbocycles. The smallest absolute Gasteiger partial charge is 0.160 e. The van der Waals surface area contributed by atoms with E-state index < -0.39 is 0 Å². The Morgan fingerprint density at radius 2 is 0.844 bits per heavy atom. The summed E-state index contributed by atoms with van der Waals surface area (Å²) >= 11 is 0. The van der Waals surface area contributed by atoms with Crippen molar-refractivity contribution >= 4 is 0 Å². The second-order valence-corrected chi connectivity index (χ2v) is 9.91. The summed E-state index contributed by atoms with van der Waals surface area (Å²) in [6.45, 7) is 6.78. The van der Waals surface area contributed by atoms with Gasteiger partial charge in [0, 0.05) is 5.56 Å². The minimum absolute atomic E-state index is 0.0960. The number of aryl methyl sites for hydroxylation is 1. The lowest BCUT2D eigenvalue weighted by atomic mass is 9.89. The third-order valence-electron chi connectivity index (χ3n) is 6.95. The first kappa shape index (κ1) is 28.9. The maximum absolute atomic E-state index is 10.7.